The number of aromatic nitrogens is 5. The van der Waals surface area contributed by atoms with Gasteiger partial charge >= 0.3 is 6.18 Å². The second kappa shape index (κ2) is 10.4. The van der Waals surface area contributed by atoms with E-state index in [0.717, 1.165) is 23.2 Å². The number of alkyl halides is 3. The number of anilines is 3. The van der Waals surface area contributed by atoms with E-state index in [9.17, 15) is 18.0 Å². The summed E-state index contributed by atoms with van der Waals surface area (Å²) < 4.78 is 163. The quantitative estimate of drug-likeness (QED) is 0.258. The Morgan fingerprint density at radius 2 is 1.97 bits per heavy atom. The Hall–Kier alpha value is -5.06. The zero-order chi connectivity index (χ0) is 40.4. The van der Waals surface area contributed by atoms with Gasteiger partial charge in [-0.15, -0.1) is 0 Å². The smallest absolute Gasteiger partial charge is 0.324 e. The van der Waals surface area contributed by atoms with Gasteiger partial charge in [0.05, 0.1) is 35.6 Å². The minimum absolute atomic E-state index is 0.310. The van der Waals surface area contributed by atoms with Crippen molar-refractivity contribution in [3.05, 3.63) is 108 Å². The third kappa shape index (κ3) is 5.93. The minimum atomic E-state index is -5.00. The van der Waals surface area contributed by atoms with Gasteiger partial charge in [-0.05, 0) is 67.7 Å². The lowest BCUT2D eigenvalue weighted by molar-refractivity contribution is -0.137. The van der Waals surface area contributed by atoms with Gasteiger partial charge in [-0.25, -0.2) is 15.0 Å². The highest BCUT2D eigenvalue weighted by molar-refractivity contribution is 6.05. The van der Waals surface area contributed by atoms with Crippen molar-refractivity contribution in [3.8, 4) is 16.9 Å². The summed E-state index contributed by atoms with van der Waals surface area (Å²) in [5.74, 6) is -2.22. The molecular weight excluding hydrogens is 507 g/mol. The number of hydrogen-bond donors (Lipinski definition) is 2. The van der Waals surface area contributed by atoms with E-state index in [1.807, 2.05) is 0 Å². The molecule has 1 amide bonds. The molecule has 0 aliphatic rings. The van der Waals surface area contributed by atoms with Crippen LogP contribution in [0.3, 0.4) is 0 Å². The van der Waals surface area contributed by atoms with Crippen molar-refractivity contribution >= 4 is 23.2 Å². The molecule has 0 aliphatic carbocycles. The average molecular weight is 545 g/mol. The zero-order valence-electron chi connectivity index (χ0n) is 34.2. The van der Waals surface area contributed by atoms with E-state index >= 15 is 0 Å². The number of halogens is 3. The fourth-order valence-electron chi connectivity index (χ4n) is 3.19. The third-order valence-corrected chi connectivity index (χ3v) is 4.92. The first-order valence-electron chi connectivity index (χ1n) is 18.1. The number of hydrogen-bond acceptors (Lipinski definition) is 6. The molecule has 11 heteroatoms. The molecule has 3 aromatic heterocycles. The summed E-state index contributed by atoms with van der Waals surface area (Å²) in [6.07, 6.45) is -5.52. The minimum Gasteiger partial charge on any atom is -0.324 e. The standard InChI is InChI=1S/C28H22F3N7O/c1-17-5-6-19(10-25(17)37-27-33-9-7-24(36-27)20-4-3-8-32-14-20)26(39)35-22-11-21(28(29,30)31)12-23(13-22)38-15-18(2)34-16-38/h3-16H,1-2H3,(H,35,39)(H,33,36,37)/i1D3,2D3,3D,4D,5D,6D,7D,8D,9D,10D,14D. The van der Waals surface area contributed by atoms with Crippen LogP contribution < -0.4 is 10.6 Å². The Morgan fingerprint density at radius 1 is 1.08 bits per heavy atom. The first-order chi connectivity index (χ1) is 24.8. The lowest BCUT2D eigenvalue weighted by Gasteiger charge is -2.14. The maximum absolute atomic E-state index is 13.9. The Kier molecular flexibility index (Phi) is 3.49. The second-order valence-corrected chi connectivity index (χ2v) is 7.60. The van der Waals surface area contributed by atoms with Crippen LogP contribution >= 0.6 is 0 Å². The Labute approximate surface area is 242 Å². The van der Waals surface area contributed by atoms with E-state index in [-0.39, 0.29) is 5.69 Å². The molecular formula is C28H22F3N7O. The summed E-state index contributed by atoms with van der Waals surface area (Å²) in [5, 5.41) is 4.41. The van der Waals surface area contributed by atoms with Gasteiger partial charge in [0.1, 0.15) is 0 Å². The van der Waals surface area contributed by atoms with Crippen LogP contribution in [0.25, 0.3) is 16.9 Å². The van der Waals surface area contributed by atoms with Crippen LogP contribution in [0.4, 0.5) is 30.5 Å². The molecule has 0 bridgehead atoms. The summed E-state index contributed by atoms with van der Waals surface area (Å²) in [5.41, 5.74) is -6.77. The first kappa shape index (κ1) is 13.1. The van der Waals surface area contributed by atoms with Gasteiger partial charge in [0, 0.05) is 61.1 Å². The highest BCUT2D eigenvalue weighted by Gasteiger charge is 2.31. The van der Waals surface area contributed by atoms with E-state index in [1.54, 1.807) is 0 Å². The second-order valence-electron chi connectivity index (χ2n) is 7.60. The van der Waals surface area contributed by atoms with Crippen molar-refractivity contribution in [2.45, 2.75) is 19.9 Å². The molecule has 0 spiro atoms. The predicted molar refractivity (Wildman–Crippen MR) is 141 cm³/mol. The largest absolute Gasteiger partial charge is 0.416 e. The van der Waals surface area contributed by atoms with E-state index in [4.69, 9.17) is 20.6 Å². The number of imidazole rings is 1. The molecule has 196 valence electrons. The fourth-order valence-corrected chi connectivity index (χ4v) is 3.19. The number of amides is 1. The summed E-state index contributed by atoms with van der Waals surface area (Å²) in [7, 11) is 0. The molecule has 5 aromatic rings. The number of carbonyl (C=O) groups excluding carboxylic acids is 1. The molecule has 8 nitrogen and oxygen atoms in total. The van der Waals surface area contributed by atoms with Gasteiger partial charge in [0.2, 0.25) is 5.95 Å². The molecule has 2 aromatic carbocycles. The molecule has 0 fully saturated rings. The molecule has 0 radical (unpaired) electrons. The maximum Gasteiger partial charge on any atom is 0.416 e. The normalized spacial score (nSPS) is 17.5. The topological polar surface area (TPSA) is 97.6 Å². The molecule has 2 N–H and O–H groups in total. The van der Waals surface area contributed by atoms with E-state index < -0.39 is 132 Å². The predicted octanol–water partition coefficient (Wildman–Crippen LogP) is 6.36. The number of carbonyl (C=O) groups is 1. The SMILES string of the molecule is [2H]c1nc(Nc2c([2H])c(C(=O)Nc3cc(-n4cnc(C([2H])([2H])[2H])c4)cc(C(F)(F)F)c3)c([2H])c([2H])c2C([2H])([2H])[2H])nc(-c2c([2H])nc([2H])c([2H])c2[2H])c1[2H]. The summed E-state index contributed by atoms with van der Waals surface area (Å²) in [4.78, 5) is 28.5. The van der Waals surface area contributed by atoms with Crippen LogP contribution in [0.2, 0.25) is 0 Å². The van der Waals surface area contributed by atoms with E-state index in [0.29, 0.717) is 12.1 Å². The molecule has 0 atom stereocenters. The van der Waals surface area contributed by atoms with Gasteiger partial charge < -0.3 is 15.2 Å². The third-order valence-electron chi connectivity index (χ3n) is 4.92. The van der Waals surface area contributed by atoms with Crippen LogP contribution in [0.15, 0.2) is 85.5 Å². The average Bonchev–Trinajstić information content (AvgIpc) is 3.55. The van der Waals surface area contributed by atoms with Crippen LogP contribution in [0.5, 0.6) is 0 Å². The van der Waals surface area contributed by atoms with Crippen LogP contribution in [0, 0.1) is 13.7 Å². The van der Waals surface area contributed by atoms with E-state index in [2.05, 4.69) is 30.6 Å². The number of nitrogens with zero attached hydrogens (tertiary/aromatic N) is 5. The molecule has 0 unspecified atom stereocenters. The Morgan fingerprint density at radius 3 is 2.77 bits per heavy atom. The lowest BCUT2D eigenvalue weighted by atomic mass is 10.1. The zero-order valence-corrected chi connectivity index (χ0v) is 19.2. The van der Waals surface area contributed by atoms with Crippen molar-refractivity contribution < 1.29 is 38.5 Å². The Balaban J connectivity index is 1.65. The van der Waals surface area contributed by atoms with Gasteiger partial charge in [0.15, 0.2) is 0 Å². The first-order valence-corrected chi connectivity index (χ1v) is 10.6. The van der Waals surface area contributed by atoms with Crippen molar-refractivity contribution in [1.82, 2.24) is 24.5 Å². The van der Waals surface area contributed by atoms with Crippen molar-refractivity contribution in [1.29, 1.82) is 0 Å². The van der Waals surface area contributed by atoms with Gasteiger partial charge in [-0.1, -0.05) is 6.04 Å². The molecule has 0 saturated carbocycles. The highest BCUT2D eigenvalue weighted by Crippen LogP contribution is 2.33. The maximum atomic E-state index is 13.9. The Bertz CT molecular complexity index is 2340. The van der Waals surface area contributed by atoms with E-state index in [1.165, 1.54) is 0 Å². The van der Waals surface area contributed by atoms with Crippen molar-refractivity contribution in [3.63, 3.8) is 0 Å². The highest BCUT2D eigenvalue weighted by atomic mass is 19.4. The number of aryl methyl sites for hydroxylation is 1. The lowest BCUT2D eigenvalue weighted by Crippen LogP contribution is -2.14. The fraction of sp³-hybridized carbons (Fsp3) is 0.107. The van der Waals surface area contributed by atoms with Crippen LogP contribution in [-0.4, -0.2) is 30.4 Å². The molecule has 0 saturated heterocycles. The molecule has 0 aliphatic heterocycles. The summed E-state index contributed by atoms with van der Waals surface area (Å²) in [6, 6.07) is -3.52. The van der Waals surface area contributed by atoms with Gasteiger partial charge in [-0.3, -0.25) is 9.78 Å². The molecule has 5 rings (SSSR count). The summed E-state index contributed by atoms with van der Waals surface area (Å²) >= 11 is 0. The summed E-state index contributed by atoms with van der Waals surface area (Å²) in [6.45, 7) is -5.98. The molecule has 3 heterocycles. The van der Waals surface area contributed by atoms with Crippen molar-refractivity contribution in [2.24, 2.45) is 0 Å². The van der Waals surface area contributed by atoms with Crippen molar-refractivity contribution in [2.75, 3.05) is 10.6 Å². The van der Waals surface area contributed by atoms with Gasteiger partial charge in [0.25, 0.3) is 5.91 Å². The number of rotatable bonds is 6. The molecule has 39 heavy (non-hydrogen) atoms. The number of benzene rings is 2. The van der Waals surface area contributed by atoms with Gasteiger partial charge in [-0.2, -0.15) is 13.2 Å². The monoisotopic (exact) mass is 544 g/mol. The number of nitrogens with one attached hydrogen (secondary N) is 2. The van der Waals surface area contributed by atoms with Crippen LogP contribution in [-0.2, 0) is 6.18 Å². The van der Waals surface area contributed by atoms with Crippen LogP contribution in [0.1, 0.15) is 47.7 Å². The number of pyridine rings is 1.